The molecule has 3 rings (SSSR count). The fourth-order valence-electron chi connectivity index (χ4n) is 2.51. The molecule has 0 spiro atoms. The molecule has 20 heavy (non-hydrogen) atoms. The lowest BCUT2D eigenvalue weighted by atomic mass is 10.2. The third-order valence-corrected chi connectivity index (χ3v) is 3.67. The van der Waals surface area contributed by atoms with Crippen LogP contribution in [-0.2, 0) is 26.2 Å². The summed E-state index contributed by atoms with van der Waals surface area (Å²) in [4.78, 5) is 11.3. The van der Waals surface area contributed by atoms with Crippen LogP contribution in [0.5, 0.6) is 0 Å². The molecule has 1 aliphatic rings. The van der Waals surface area contributed by atoms with E-state index in [-0.39, 0.29) is 0 Å². The maximum Gasteiger partial charge on any atom is 0.122 e. The molecule has 0 aliphatic carbocycles. The molecule has 1 N–H and O–H groups in total. The van der Waals surface area contributed by atoms with Crippen molar-refractivity contribution in [3.05, 3.63) is 47.8 Å². The molecule has 0 amide bonds. The van der Waals surface area contributed by atoms with Gasteiger partial charge >= 0.3 is 0 Å². The Hall–Kier alpha value is -1.72. The van der Waals surface area contributed by atoms with Gasteiger partial charge < -0.3 is 9.88 Å². The Balaban J connectivity index is 1.58. The first-order chi connectivity index (χ1) is 9.85. The van der Waals surface area contributed by atoms with Crippen molar-refractivity contribution >= 4 is 0 Å². The fraction of sp³-hybridized carbons (Fsp3) is 0.467. The molecule has 0 unspecified atom stereocenters. The highest BCUT2D eigenvalue weighted by atomic mass is 15.2. The Bertz CT molecular complexity index is 546. The van der Waals surface area contributed by atoms with E-state index >= 15 is 0 Å². The molecule has 0 atom stereocenters. The maximum absolute atomic E-state index is 4.56. The molecule has 0 saturated heterocycles. The van der Waals surface area contributed by atoms with Crippen molar-refractivity contribution in [2.45, 2.75) is 33.1 Å². The minimum absolute atomic E-state index is 0.894. The number of aromatic nitrogens is 3. The summed E-state index contributed by atoms with van der Waals surface area (Å²) in [6.07, 6.45) is 5.91. The van der Waals surface area contributed by atoms with Crippen LogP contribution in [0.3, 0.4) is 0 Å². The zero-order valence-corrected chi connectivity index (χ0v) is 11.9. The van der Waals surface area contributed by atoms with Crippen LogP contribution in [0.4, 0.5) is 0 Å². The van der Waals surface area contributed by atoms with Crippen LogP contribution in [0, 0.1) is 0 Å². The SMILES string of the molecule is CCNCc1ccc(CN2CCn3ccnc3C2)nc1. The lowest BCUT2D eigenvalue weighted by Crippen LogP contribution is -2.33. The Labute approximate surface area is 119 Å². The zero-order chi connectivity index (χ0) is 13.8. The lowest BCUT2D eigenvalue weighted by molar-refractivity contribution is 0.206. The molecule has 5 heteroatoms. The van der Waals surface area contributed by atoms with Crippen LogP contribution in [0.1, 0.15) is 24.0 Å². The molecule has 2 aromatic rings. The quantitative estimate of drug-likeness (QED) is 0.893. The number of fused-ring (bicyclic) bond motifs is 1. The number of rotatable bonds is 5. The topological polar surface area (TPSA) is 46.0 Å². The van der Waals surface area contributed by atoms with Crippen molar-refractivity contribution in [1.29, 1.82) is 0 Å². The minimum Gasteiger partial charge on any atom is -0.333 e. The predicted molar refractivity (Wildman–Crippen MR) is 78.0 cm³/mol. The molecule has 0 bridgehead atoms. The second kappa shape index (κ2) is 6.15. The van der Waals surface area contributed by atoms with Gasteiger partial charge in [0.1, 0.15) is 5.82 Å². The van der Waals surface area contributed by atoms with Gasteiger partial charge in [-0.25, -0.2) is 4.98 Å². The van der Waals surface area contributed by atoms with Crippen LogP contribution >= 0.6 is 0 Å². The molecule has 106 valence electrons. The summed E-state index contributed by atoms with van der Waals surface area (Å²) in [5, 5.41) is 3.31. The summed E-state index contributed by atoms with van der Waals surface area (Å²) in [5.41, 5.74) is 2.37. The van der Waals surface area contributed by atoms with Crippen molar-refractivity contribution in [3.8, 4) is 0 Å². The van der Waals surface area contributed by atoms with Crippen LogP contribution in [0.2, 0.25) is 0 Å². The first-order valence-corrected chi connectivity index (χ1v) is 7.22. The summed E-state index contributed by atoms with van der Waals surface area (Å²) >= 11 is 0. The Morgan fingerprint density at radius 1 is 1.25 bits per heavy atom. The van der Waals surface area contributed by atoms with Gasteiger partial charge in [-0.15, -0.1) is 0 Å². The van der Waals surface area contributed by atoms with E-state index in [1.54, 1.807) is 0 Å². The number of hydrogen-bond donors (Lipinski definition) is 1. The van der Waals surface area contributed by atoms with E-state index in [9.17, 15) is 0 Å². The Morgan fingerprint density at radius 2 is 2.20 bits per heavy atom. The normalized spacial score (nSPS) is 15.2. The Morgan fingerprint density at radius 3 is 3.00 bits per heavy atom. The summed E-state index contributed by atoms with van der Waals surface area (Å²) in [7, 11) is 0. The summed E-state index contributed by atoms with van der Waals surface area (Å²) < 4.78 is 2.23. The molecular weight excluding hydrogens is 250 g/mol. The maximum atomic E-state index is 4.56. The van der Waals surface area contributed by atoms with Crippen LogP contribution < -0.4 is 5.32 Å². The molecular formula is C15H21N5. The van der Waals surface area contributed by atoms with Crippen LogP contribution in [0.25, 0.3) is 0 Å². The zero-order valence-electron chi connectivity index (χ0n) is 11.9. The van der Waals surface area contributed by atoms with Gasteiger partial charge in [-0.05, 0) is 18.2 Å². The molecule has 3 heterocycles. The molecule has 0 fully saturated rings. The molecule has 0 aromatic carbocycles. The third-order valence-electron chi connectivity index (χ3n) is 3.67. The second-order valence-corrected chi connectivity index (χ2v) is 5.19. The van der Waals surface area contributed by atoms with Gasteiger partial charge in [-0.2, -0.15) is 0 Å². The molecule has 0 saturated carbocycles. The van der Waals surface area contributed by atoms with E-state index in [1.807, 2.05) is 12.4 Å². The van der Waals surface area contributed by atoms with Crippen LogP contribution in [0.15, 0.2) is 30.7 Å². The number of nitrogens with zero attached hydrogens (tertiary/aromatic N) is 4. The standard InChI is InChI=1S/C15H21N5/c1-2-16-9-13-3-4-14(18-10-13)11-19-7-8-20-6-5-17-15(20)12-19/h3-6,10,16H,2,7-9,11-12H2,1H3. The van der Waals surface area contributed by atoms with Crippen molar-refractivity contribution in [3.63, 3.8) is 0 Å². The highest BCUT2D eigenvalue weighted by molar-refractivity contribution is 5.14. The fourth-order valence-corrected chi connectivity index (χ4v) is 2.51. The molecule has 0 radical (unpaired) electrons. The number of imidazole rings is 1. The van der Waals surface area contributed by atoms with Crippen molar-refractivity contribution in [1.82, 2.24) is 24.8 Å². The largest absolute Gasteiger partial charge is 0.333 e. The first-order valence-electron chi connectivity index (χ1n) is 7.22. The third kappa shape index (κ3) is 3.05. The average molecular weight is 271 g/mol. The molecule has 2 aromatic heterocycles. The van der Waals surface area contributed by atoms with Crippen LogP contribution in [-0.4, -0.2) is 32.5 Å². The molecule has 5 nitrogen and oxygen atoms in total. The van der Waals surface area contributed by atoms with Gasteiger partial charge in [0.25, 0.3) is 0 Å². The number of hydrogen-bond acceptors (Lipinski definition) is 4. The summed E-state index contributed by atoms with van der Waals surface area (Å²) in [6.45, 7) is 7.88. The summed E-state index contributed by atoms with van der Waals surface area (Å²) in [5.74, 6) is 1.15. The van der Waals surface area contributed by atoms with Crippen molar-refractivity contribution in [2.75, 3.05) is 13.1 Å². The van der Waals surface area contributed by atoms with E-state index in [4.69, 9.17) is 0 Å². The first kappa shape index (κ1) is 13.3. The highest BCUT2D eigenvalue weighted by Crippen LogP contribution is 2.13. The number of nitrogens with one attached hydrogen (secondary N) is 1. The van der Waals surface area contributed by atoms with Crippen molar-refractivity contribution in [2.24, 2.45) is 0 Å². The van der Waals surface area contributed by atoms with Gasteiger partial charge in [0.15, 0.2) is 0 Å². The lowest BCUT2D eigenvalue weighted by Gasteiger charge is -2.27. The van der Waals surface area contributed by atoms with E-state index < -0.39 is 0 Å². The van der Waals surface area contributed by atoms with E-state index in [2.05, 4.69) is 50.0 Å². The monoisotopic (exact) mass is 271 g/mol. The molecule has 1 aliphatic heterocycles. The predicted octanol–water partition coefficient (Wildman–Crippen LogP) is 1.40. The van der Waals surface area contributed by atoms with E-state index in [1.165, 1.54) is 5.56 Å². The van der Waals surface area contributed by atoms with Gasteiger partial charge in [-0.3, -0.25) is 9.88 Å². The Kier molecular flexibility index (Phi) is 4.08. The smallest absolute Gasteiger partial charge is 0.122 e. The van der Waals surface area contributed by atoms with E-state index in [0.29, 0.717) is 0 Å². The summed E-state index contributed by atoms with van der Waals surface area (Å²) in [6, 6.07) is 4.30. The van der Waals surface area contributed by atoms with Crippen molar-refractivity contribution < 1.29 is 0 Å². The number of pyridine rings is 1. The van der Waals surface area contributed by atoms with E-state index in [0.717, 1.165) is 50.8 Å². The van der Waals surface area contributed by atoms with Gasteiger partial charge in [0, 0.05) is 44.8 Å². The average Bonchev–Trinajstić information content (AvgIpc) is 2.94. The minimum atomic E-state index is 0.894. The second-order valence-electron chi connectivity index (χ2n) is 5.19. The van der Waals surface area contributed by atoms with Gasteiger partial charge in [0.05, 0.1) is 12.2 Å². The van der Waals surface area contributed by atoms with Gasteiger partial charge in [-0.1, -0.05) is 13.0 Å². The van der Waals surface area contributed by atoms with Gasteiger partial charge in [0.2, 0.25) is 0 Å². The highest BCUT2D eigenvalue weighted by Gasteiger charge is 2.16.